The first-order valence-corrected chi connectivity index (χ1v) is 8.16. The summed E-state index contributed by atoms with van der Waals surface area (Å²) >= 11 is 0. The van der Waals surface area contributed by atoms with Gasteiger partial charge in [0.15, 0.2) is 11.5 Å². The highest BCUT2D eigenvalue weighted by Gasteiger charge is 2.28. The van der Waals surface area contributed by atoms with E-state index in [1.54, 1.807) is 6.92 Å². The summed E-state index contributed by atoms with van der Waals surface area (Å²) < 4.78 is 21.8. The van der Waals surface area contributed by atoms with Gasteiger partial charge in [-0.15, -0.1) is 0 Å². The number of hydrogen-bond donors (Lipinski definition) is 2. The molecule has 0 atom stereocenters. The fourth-order valence-corrected chi connectivity index (χ4v) is 2.03. The first kappa shape index (κ1) is 19.7. The number of phenols is 1. The van der Waals surface area contributed by atoms with Crippen LogP contribution in [0.25, 0.3) is 0 Å². The molecule has 7 nitrogen and oxygen atoms in total. The smallest absolute Gasteiger partial charge is 0.502 e. The summed E-state index contributed by atoms with van der Waals surface area (Å²) in [7, 11) is 0. The van der Waals surface area contributed by atoms with Crippen molar-refractivity contribution in [2.75, 3.05) is 19.8 Å². The van der Waals surface area contributed by atoms with Crippen LogP contribution in [-0.4, -0.2) is 36.2 Å². The van der Waals surface area contributed by atoms with Crippen LogP contribution < -0.4 is 18.9 Å². The van der Waals surface area contributed by atoms with Gasteiger partial charge in [-0.25, -0.2) is 4.79 Å². The molecule has 0 heterocycles. The maximum atomic E-state index is 10.9. The molecule has 0 amide bonds. The van der Waals surface area contributed by atoms with Crippen LogP contribution in [-0.2, 0) is 0 Å². The average molecular weight is 342 g/mol. The minimum atomic E-state index is -1.53. The highest BCUT2D eigenvalue weighted by atomic mass is 16.7. The Morgan fingerprint density at radius 3 is 1.75 bits per heavy atom. The highest BCUT2D eigenvalue weighted by Crippen LogP contribution is 2.53. The number of carboxylic acid groups (broad SMARTS) is 1. The molecular weight excluding hydrogens is 316 g/mol. The Morgan fingerprint density at radius 2 is 1.29 bits per heavy atom. The Labute approximate surface area is 142 Å². The Bertz CT molecular complexity index is 519. The van der Waals surface area contributed by atoms with Crippen molar-refractivity contribution >= 4 is 6.16 Å². The van der Waals surface area contributed by atoms with E-state index in [1.807, 2.05) is 20.8 Å². The minimum absolute atomic E-state index is 0.0400. The molecule has 0 aliphatic rings. The van der Waals surface area contributed by atoms with Gasteiger partial charge in [0, 0.05) is 5.56 Å². The number of ether oxygens (including phenoxy) is 4. The van der Waals surface area contributed by atoms with E-state index in [0.717, 1.165) is 12.8 Å². The van der Waals surface area contributed by atoms with E-state index in [2.05, 4.69) is 0 Å². The van der Waals surface area contributed by atoms with Gasteiger partial charge in [-0.2, -0.15) is 0 Å². The molecule has 0 fully saturated rings. The molecule has 1 aromatic rings. The lowest BCUT2D eigenvalue weighted by Crippen LogP contribution is -2.10. The van der Waals surface area contributed by atoms with Crippen molar-refractivity contribution in [1.82, 2.24) is 0 Å². The molecule has 24 heavy (non-hydrogen) atoms. The van der Waals surface area contributed by atoms with Gasteiger partial charge in [-0.05, 0) is 26.2 Å². The van der Waals surface area contributed by atoms with Crippen molar-refractivity contribution in [3.05, 3.63) is 5.56 Å². The summed E-state index contributed by atoms with van der Waals surface area (Å²) in [5, 5.41) is 19.3. The first-order valence-electron chi connectivity index (χ1n) is 8.16. The predicted molar refractivity (Wildman–Crippen MR) is 88.9 cm³/mol. The molecule has 0 spiro atoms. The van der Waals surface area contributed by atoms with Crippen molar-refractivity contribution < 1.29 is 34.0 Å². The van der Waals surface area contributed by atoms with Gasteiger partial charge in [-0.3, -0.25) is 0 Å². The SMILES string of the molecule is CCCOc1c(C)c(OC(=O)O)c(O)c(OCCC)c1OCCC. The van der Waals surface area contributed by atoms with E-state index in [1.165, 1.54) is 0 Å². The standard InChI is InChI=1S/C17H26O7/c1-5-8-21-14-11(4)13(24-17(19)20)12(18)15(22-9-6-2)16(14)23-10-7-3/h18H,5-10H2,1-4H3,(H,19,20). The van der Waals surface area contributed by atoms with E-state index in [9.17, 15) is 9.90 Å². The van der Waals surface area contributed by atoms with Crippen LogP contribution in [0.1, 0.15) is 45.6 Å². The first-order chi connectivity index (χ1) is 11.5. The van der Waals surface area contributed by atoms with Crippen LogP contribution in [0.15, 0.2) is 0 Å². The number of benzene rings is 1. The van der Waals surface area contributed by atoms with Crippen molar-refractivity contribution in [2.45, 2.75) is 47.0 Å². The van der Waals surface area contributed by atoms with Gasteiger partial charge in [0.2, 0.25) is 17.2 Å². The fourth-order valence-electron chi connectivity index (χ4n) is 2.03. The predicted octanol–water partition coefficient (Wildman–Crippen LogP) is 4.12. The monoisotopic (exact) mass is 342 g/mol. The van der Waals surface area contributed by atoms with Gasteiger partial charge in [-0.1, -0.05) is 20.8 Å². The summed E-state index contributed by atoms with van der Waals surface area (Å²) in [5.74, 6) is 0.0250. The van der Waals surface area contributed by atoms with Gasteiger partial charge < -0.3 is 29.2 Å². The minimum Gasteiger partial charge on any atom is -0.502 e. The van der Waals surface area contributed by atoms with Crippen LogP contribution in [0.3, 0.4) is 0 Å². The molecule has 136 valence electrons. The molecule has 1 rings (SSSR count). The quantitative estimate of drug-likeness (QED) is 0.488. The Hall–Kier alpha value is -2.31. The molecule has 2 N–H and O–H groups in total. The summed E-state index contributed by atoms with van der Waals surface area (Å²) in [6.45, 7) is 8.57. The molecule has 0 saturated carbocycles. The highest BCUT2D eigenvalue weighted by molar-refractivity contribution is 5.73. The Balaban J connectivity index is 3.50. The number of hydrogen-bond acceptors (Lipinski definition) is 6. The summed E-state index contributed by atoms with van der Waals surface area (Å²) in [5.41, 5.74) is 0.346. The molecule has 0 aliphatic carbocycles. The second-order valence-electron chi connectivity index (χ2n) is 5.20. The zero-order chi connectivity index (χ0) is 18.1. The van der Waals surface area contributed by atoms with Crippen LogP contribution in [0.4, 0.5) is 4.79 Å². The maximum Gasteiger partial charge on any atom is 0.511 e. The second kappa shape index (κ2) is 9.75. The third-order valence-electron chi connectivity index (χ3n) is 3.06. The summed E-state index contributed by atoms with van der Waals surface area (Å²) in [6.07, 6.45) is 0.695. The molecule has 0 aliphatic heterocycles. The van der Waals surface area contributed by atoms with Crippen LogP contribution >= 0.6 is 0 Å². The number of rotatable bonds is 10. The third kappa shape index (κ3) is 4.84. The molecule has 0 aromatic heterocycles. The molecular formula is C17H26O7. The number of carbonyl (C=O) groups is 1. The number of phenolic OH excluding ortho intramolecular Hbond substituents is 1. The zero-order valence-corrected chi connectivity index (χ0v) is 14.7. The average Bonchev–Trinajstić information content (AvgIpc) is 2.55. The van der Waals surface area contributed by atoms with Crippen molar-refractivity contribution in [3.8, 4) is 28.7 Å². The lowest BCUT2D eigenvalue weighted by Gasteiger charge is -2.21. The lowest BCUT2D eigenvalue weighted by atomic mass is 10.1. The molecule has 1 aromatic carbocycles. The molecule has 0 saturated heterocycles. The van der Waals surface area contributed by atoms with Crippen molar-refractivity contribution in [3.63, 3.8) is 0 Å². The van der Waals surface area contributed by atoms with Gasteiger partial charge in [0.1, 0.15) is 0 Å². The van der Waals surface area contributed by atoms with Gasteiger partial charge in [0.05, 0.1) is 19.8 Å². The van der Waals surface area contributed by atoms with Gasteiger partial charge >= 0.3 is 6.16 Å². The van der Waals surface area contributed by atoms with Crippen LogP contribution in [0.5, 0.6) is 28.7 Å². The molecule has 0 unspecified atom stereocenters. The molecule has 0 bridgehead atoms. The number of aromatic hydroxyl groups is 1. The second-order valence-corrected chi connectivity index (χ2v) is 5.20. The fraction of sp³-hybridized carbons (Fsp3) is 0.588. The van der Waals surface area contributed by atoms with E-state index in [0.29, 0.717) is 37.6 Å². The lowest BCUT2D eigenvalue weighted by molar-refractivity contribution is 0.141. The van der Waals surface area contributed by atoms with E-state index in [4.69, 9.17) is 24.1 Å². The van der Waals surface area contributed by atoms with Crippen LogP contribution in [0, 0.1) is 6.92 Å². The van der Waals surface area contributed by atoms with E-state index < -0.39 is 11.9 Å². The largest absolute Gasteiger partial charge is 0.511 e. The normalized spacial score (nSPS) is 10.3. The molecule has 0 radical (unpaired) electrons. The maximum absolute atomic E-state index is 10.9. The Kier molecular flexibility index (Phi) is 8.01. The van der Waals surface area contributed by atoms with Gasteiger partial charge in [0.25, 0.3) is 0 Å². The van der Waals surface area contributed by atoms with Crippen LogP contribution in [0.2, 0.25) is 0 Å². The summed E-state index contributed by atoms with van der Waals surface area (Å²) in [6, 6.07) is 0. The van der Waals surface area contributed by atoms with E-state index >= 15 is 0 Å². The van der Waals surface area contributed by atoms with Crippen molar-refractivity contribution in [2.24, 2.45) is 0 Å². The molecule has 7 heteroatoms. The zero-order valence-electron chi connectivity index (χ0n) is 14.7. The third-order valence-corrected chi connectivity index (χ3v) is 3.06. The Morgan fingerprint density at radius 1 is 0.833 bits per heavy atom. The van der Waals surface area contributed by atoms with E-state index in [-0.39, 0.29) is 17.2 Å². The topological polar surface area (TPSA) is 94.5 Å². The van der Waals surface area contributed by atoms with Crippen molar-refractivity contribution in [1.29, 1.82) is 0 Å². The summed E-state index contributed by atoms with van der Waals surface area (Å²) in [4.78, 5) is 10.9.